The molecule has 2 heterocycles. The van der Waals surface area contributed by atoms with Crippen molar-refractivity contribution in [1.29, 1.82) is 0 Å². The first-order valence-corrected chi connectivity index (χ1v) is 8.76. The molecule has 7 heteroatoms. The van der Waals surface area contributed by atoms with Gasteiger partial charge >= 0.3 is 0 Å². The van der Waals surface area contributed by atoms with Crippen molar-refractivity contribution in [2.45, 2.75) is 32.4 Å². The van der Waals surface area contributed by atoms with Crippen LogP contribution in [0.15, 0.2) is 41.0 Å². The lowest BCUT2D eigenvalue weighted by molar-refractivity contribution is 0.0711. The minimum atomic E-state index is -0.939. The van der Waals surface area contributed by atoms with Crippen LogP contribution in [0.4, 0.5) is 0 Å². The molecule has 0 aromatic carbocycles. The van der Waals surface area contributed by atoms with Crippen molar-refractivity contribution >= 4 is 17.3 Å². The Hall–Kier alpha value is -1.86. The first-order valence-electron chi connectivity index (χ1n) is 7.88. The largest absolute Gasteiger partial charge is 0.383 e. The van der Waals surface area contributed by atoms with Crippen LogP contribution in [-0.2, 0) is 12.1 Å². The Morgan fingerprint density at radius 2 is 2.30 bits per heavy atom. The maximum atomic E-state index is 10.5. The van der Waals surface area contributed by atoms with Crippen molar-refractivity contribution in [3.8, 4) is 0 Å². The van der Waals surface area contributed by atoms with Gasteiger partial charge in [0.1, 0.15) is 5.60 Å². The summed E-state index contributed by atoms with van der Waals surface area (Å²) in [7, 11) is 0. The van der Waals surface area contributed by atoms with Crippen molar-refractivity contribution in [2.24, 2.45) is 4.99 Å². The molecule has 3 N–H and O–H groups in total. The van der Waals surface area contributed by atoms with Gasteiger partial charge in [0.25, 0.3) is 0 Å². The molecule has 1 atom stereocenters. The minimum absolute atomic E-state index is 0.321. The van der Waals surface area contributed by atoms with Crippen molar-refractivity contribution < 1.29 is 5.11 Å². The summed E-state index contributed by atoms with van der Waals surface area (Å²) < 4.78 is 1.91. The van der Waals surface area contributed by atoms with E-state index in [0.717, 1.165) is 36.9 Å². The number of aromatic nitrogens is 2. The van der Waals surface area contributed by atoms with E-state index in [9.17, 15) is 5.11 Å². The minimum Gasteiger partial charge on any atom is -0.383 e. The SMILES string of the molecule is CCNC(=NCC(C)(O)c1cccs1)NCCCn1cccn1. The van der Waals surface area contributed by atoms with Gasteiger partial charge in [-0.05, 0) is 37.8 Å². The van der Waals surface area contributed by atoms with Gasteiger partial charge in [0.05, 0.1) is 6.54 Å². The summed E-state index contributed by atoms with van der Waals surface area (Å²) in [5, 5.41) is 23.2. The number of nitrogens with one attached hydrogen (secondary N) is 2. The van der Waals surface area contributed by atoms with Crippen LogP contribution >= 0.6 is 11.3 Å². The second-order valence-corrected chi connectivity index (χ2v) is 6.44. The predicted octanol–water partition coefficient (Wildman–Crippen LogP) is 1.80. The predicted molar refractivity (Wildman–Crippen MR) is 94.7 cm³/mol. The molecule has 2 rings (SSSR count). The van der Waals surface area contributed by atoms with Gasteiger partial charge in [0, 0.05) is 36.9 Å². The lowest BCUT2D eigenvalue weighted by Crippen LogP contribution is -2.39. The van der Waals surface area contributed by atoms with Gasteiger partial charge in [-0.15, -0.1) is 11.3 Å². The van der Waals surface area contributed by atoms with Crippen molar-refractivity contribution in [3.05, 3.63) is 40.8 Å². The molecule has 23 heavy (non-hydrogen) atoms. The molecule has 0 radical (unpaired) electrons. The van der Waals surface area contributed by atoms with Crippen molar-refractivity contribution in [3.63, 3.8) is 0 Å². The van der Waals surface area contributed by atoms with Crippen molar-refractivity contribution in [1.82, 2.24) is 20.4 Å². The molecule has 6 nitrogen and oxygen atoms in total. The number of hydrogen-bond donors (Lipinski definition) is 3. The fourth-order valence-electron chi connectivity index (χ4n) is 2.12. The Morgan fingerprint density at radius 3 is 2.96 bits per heavy atom. The first-order chi connectivity index (χ1) is 11.1. The second-order valence-electron chi connectivity index (χ2n) is 5.50. The van der Waals surface area contributed by atoms with Crippen LogP contribution < -0.4 is 10.6 Å². The number of aryl methyl sites for hydroxylation is 1. The van der Waals surface area contributed by atoms with Gasteiger partial charge in [0.2, 0.25) is 0 Å². The average molecular weight is 335 g/mol. The molecule has 0 fully saturated rings. The zero-order valence-corrected chi connectivity index (χ0v) is 14.5. The highest BCUT2D eigenvalue weighted by molar-refractivity contribution is 7.10. The third kappa shape index (κ3) is 5.69. The van der Waals surface area contributed by atoms with Crippen LogP contribution in [0.1, 0.15) is 25.1 Å². The lowest BCUT2D eigenvalue weighted by Gasteiger charge is -2.20. The van der Waals surface area contributed by atoms with E-state index in [2.05, 4.69) is 20.7 Å². The normalized spacial score (nSPS) is 14.5. The number of aliphatic hydroxyl groups is 1. The van der Waals surface area contributed by atoms with E-state index in [-0.39, 0.29) is 0 Å². The monoisotopic (exact) mass is 335 g/mol. The molecule has 0 spiro atoms. The summed E-state index contributed by atoms with van der Waals surface area (Å²) >= 11 is 1.55. The molecule has 2 aromatic heterocycles. The topological polar surface area (TPSA) is 74.5 Å². The Labute approximate surface area is 141 Å². The Balaban J connectivity index is 1.82. The number of thiophene rings is 1. The van der Waals surface area contributed by atoms with Crippen LogP contribution in [0.2, 0.25) is 0 Å². The molecule has 1 unspecified atom stereocenters. The number of guanidine groups is 1. The number of rotatable bonds is 8. The molecule has 0 saturated heterocycles. The molecule has 0 aliphatic rings. The third-order valence-electron chi connectivity index (χ3n) is 3.36. The summed E-state index contributed by atoms with van der Waals surface area (Å²) in [6.45, 7) is 6.59. The van der Waals surface area contributed by atoms with Crippen LogP contribution in [0.5, 0.6) is 0 Å². The quantitative estimate of drug-likeness (QED) is 0.391. The Morgan fingerprint density at radius 1 is 1.43 bits per heavy atom. The molecule has 0 aliphatic carbocycles. The summed E-state index contributed by atoms with van der Waals surface area (Å²) in [5.41, 5.74) is -0.939. The summed E-state index contributed by atoms with van der Waals surface area (Å²) in [6, 6.07) is 5.80. The Bertz CT molecular complexity index is 578. The molecule has 0 bridgehead atoms. The fourth-order valence-corrected chi connectivity index (χ4v) is 2.90. The van der Waals surface area contributed by atoms with E-state index in [1.54, 1.807) is 24.5 Å². The summed E-state index contributed by atoms with van der Waals surface area (Å²) in [5.74, 6) is 0.727. The van der Waals surface area contributed by atoms with E-state index in [0.29, 0.717) is 6.54 Å². The molecule has 0 aliphatic heterocycles. The van der Waals surface area contributed by atoms with Crippen LogP contribution in [0.25, 0.3) is 0 Å². The van der Waals surface area contributed by atoms with Gasteiger partial charge < -0.3 is 15.7 Å². The summed E-state index contributed by atoms with van der Waals surface area (Å²) in [6.07, 6.45) is 4.69. The number of nitrogens with zero attached hydrogens (tertiary/aromatic N) is 3. The van der Waals surface area contributed by atoms with Crippen LogP contribution in [0, 0.1) is 0 Å². The molecule has 0 amide bonds. The van der Waals surface area contributed by atoms with E-state index < -0.39 is 5.60 Å². The highest BCUT2D eigenvalue weighted by atomic mass is 32.1. The Kier molecular flexibility index (Phi) is 6.61. The van der Waals surface area contributed by atoms with Crippen molar-refractivity contribution in [2.75, 3.05) is 19.6 Å². The summed E-state index contributed by atoms with van der Waals surface area (Å²) in [4.78, 5) is 5.43. The van der Waals surface area contributed by atoms with Gasteiger partial charge in [0.15, 0.2) is 5.96 Å². The molecule has 2 aromatic rings. The second kappa shape index (κ2) is 8.69. The van der Waals surface area contributed by atoms with E-state index in [1.807, 2.05) is 41.4 Å². The maximum absolute atomic E-state index is 10.5. The van der Waals surface area contributed by atoms with E-state index in [1.165, 1.54) is 0 Å². The number of aliphatic imine (C=N–C) groups is 1. The highest BCUT2D eigenvalue weighted by Crippen LogP contribution is 2.25. The lowest BCUT2D eigenvalue weighted by atomic mass is 10.1. The zero-order chi connectivity index (χ0) is 16.5. The average Bonchev–Trinajstić information content (AvgIpc) is 3.22. The van der Waals surface area contributed by atoms with E-state index >= 15 is 0 Å². The number of hydrogen-bond acceptors (Lipinski definition) is 4. The van der Waals surface area contributed by atoms with Gasteiger partial charge in [-0.2, -0.15) is 5.10 Å². The molecule has 126 valence electrons. The molecular weight excluding hydrogens is 310 g/mol. The highest BCUT2D eigenvalue weighted by Gasteiger charge is 2.23. The fraction of sp³-hybridized carbons (Fsp3) is 0.500. The zero-order valence-electron chi connectivity index (χ0n) is 13.7. The van der Waals surface area contributed by atoms with Gasteiger partial charge in [-0.3, -0.25) is 4.68 Å². The van der Waals surface area contributed by atoms with Gasteiger partial charge in [-0.25, -0.2) is 4.99 Å². The smallest absolute Gasteiger partial charge is 0.191 e. The third-order valence-corrected chi connectivity index (χ3v) is 4.48. The first kappa shape index (κ1) is 17.5. The molecule has 0 saturated carbocycles. The van der Waals surface area contributed by atoms with E-state index in [4.69, 9.17) is 0 Å². The van der Waals surface area contributed by atoms with Crippen LogP contribution in [-0.4, -0.2) is 40.5 Å². The molecular formula is C16H25N5OS. The van der Waals surface area contributed by atoms with Crippen LogP contribution in [0.3, 0.4) is 0 Å². The van der Waals surface area contributed by atoms with Gasteiger partial charge in [-0.1, -0.05) is 6.07 Å². The standard InChI is InChI=1S/C16H25N5OS/c1-3-17-15(18-8-5-10-21-11-6-9-20-21)19-13-16(2,22)14-7-4-12-23-14/h4,6-7,9,11-12,22H,3,5,8,10,13H2,1-2H3,(H2,17,18,19). The maximum Gasteiger partial charge on any atom is 0.191 e.